The van der Waals surface area contributed by atoms with Gasteiger partial charge in [0.25, 0.3) is 11.8 Å². The van der Waals surface area contributed by atoms with Crippen LogP contribution in [0.2, 0.25) is 0 Å². The molecule has 4 heteroatoms. The summed E-state index contributed by atoms with van der Waals surface area (Å²) in [5, 5.41) is 0. The lowest BCUT2D eigenvalue weighted by molar-refractivity contribution is 0.0926. The number of hydrogen-bond acceptors (Lipinski definition) is 3. The van der Waals surface area contributed by atoms with Crippen LogP contribution in [0.25, 0.3) is 0 Å². The van der Waals surface area contributed by atoms with Gasteiger partial charge in [-0.2, -0.15) is 0 Å². The summed E-state index contributed by atoms with van der Waals surface area (Å²) in [6, 6.07) is 20.3. The van der Waals surface area contributed by atoms with Crippen LogP contribution in [0, 0.1) is 0 Å². The molecule has 0 fully saturated rings. The fraction of sp³-hybridized carbons (Fsp3) is 0.0952. The lowest BCUT2D eigenvalue weighted by Gasteiger charge is -2.18. The molecule has 3 aromatic rings. The van der Waals surface area contributed by atoms with Crippen molar-refractivity contribution in [3.63, 3.8) is 0 Å². The Morgan fingerprint density at radius 2 is 1.36 bits per heavy atom. The minimum Gasteiger partial charge on any atom is -0.268 e. The molecule has 0 radical (unpaired) electrons. The molecule has 25 heavy (non-hydrogen) atoms. The van der Waals surface area contributed by atoms with E-state index in [1.54, 1.807) is 30.5 Å². The van der Waals surface area contributed by atoms with Crippen LogP contribution in [0.1, 0.15) is 32.0 Å². The first kappa shape index (κ1) is 15.3. The number of anilines is 1. The molecule has 1 aliphatic rings. The molecule has 122 valence electrons. The van der Waals surface area contributed by atoms with Crippen molar-refractivity contribution >= 4 is 17.5 Å². The van der Waals surface area contributed by atoms with Crippen molar-refractivity contribution in [1.29, 1.82) is 0 Å². The summed E-state index contributed by atoms with van der Waals surface area (Å²) in [6.45, 7) is 0. The predicted molar refractivity (Wildman–Crippen MR) is 95.7 cm³/mol. The van der Waals surface area contributed by atoms with Crippen molar-refractivity contribution in [2.24, 2.45) is 0 Å². The van der Waals surface area contributed by atoms with Crippen LogP contribution in [-0.4, -0.2) is 16.8 Å². The molecule has 4 rings (SSSR count). The number of carbonyl (C=O) groups excluding carboxylic acids is 2. The van der Waals surface area contributed by atoms with E-state index in [0.29, 0.717) is 23.2 Å². The van der Waals surface area contributed by atoms with Crippen LogP contribution in [-0.2, 0) is 12.8 Å². The summed E-state index contributed by atoms with van der Waals surface area (Å²) in [5.41, 5.74) is 3.53. The molecular formula is C21H16N2O2. The Balaban J connectivity index is 1.66. The summed E-state index contributed by atoms with van der Waals surface area (Å²) in [5.74, 6) is -0.517. The van der Waals surface area contributed by atoms with Gasteiger partial charge < -0.3 is 0 Å². The van der Waals surface area contributed by atoms with Gasteiger partial charge in [0.05, 0.1) is 16.8 Å². The quantitative estimate of drug-likeness (QED) is 0.687. The number of aromatic nitrogens is 1. The molecule has 1 aliphatic heterocycles. The van der Waals surface area contributed by atoms with Crippen molar-refractivity contribution in [3.8, 4) is 0 Å². The van der Waals surface area contributed by atoms with Crippen LogP contribution in [0.4, 0.5) is 5.69 Å². The Labute approximate surface area is 145 Å². The molecule has 0 bridgehead atoms. The highest BCUT2D eigenvalue weighted by Gasteiger charge is 2.37. The van der Waals surface area contributed by atoms with E-state index in [9.17, 15) is 9.59 Å². The minimum absolute atomic E-state index is 0.258. The summed E-state index contributed by atoms with van der Waals surface area (Å²) < 4.78 is 0. The monoisotopic (exact) mass is 328 g/mol. The maximum absolute atomic E-state index is 12.7. The molecule has 1 aromatic heterocycles. The normalized spacial score (nSPS) is 13.2. The number of benzene rings is 2. The van der Waals surface area contributed by atoms with E-state index in [0.717, 1.165) is 17.7 Å². The van der Waals surface area contributed by atoms with Gasteiger partial charge in [-0.15, -0.1) is 0 Å². The molecule has 2 aromatic carbocycles. The number of imide groups is 1. The molecule has 0 saturated heterocycles. The second kappa shape index (κ2) is 6.32. The molecule has 0 N–H and O–H groups in total. The van der Waals surface area contributed by atoms with Crippen molar-refractivity contribution in [3.05, 3.63) is 95.3 Å². The van der Waals surface area contributed by atoms with E-state index in [1.807, 2.05) is 42.5 Å². The number of pyridine rings is 1. The molecule has 0 spiro atoms. The zero-order valence-electron chi connectivity index (χ0n) is 13.6. The molecule has 0 saturated carbocycles. The average Bonchev–Trinajstić information content (AvgIpc) is 2.92. The number of aryl methyl sites for hydroxylation is 2. The van der Waals surface area contributed by atoms with Gasteiger partial charge in [-0.3, -0.25) is 14.6 Å². The summed E-state index contributed by atoms with van der Waals surface area (Å²) in [6.07, 6.45) is 3.23. The molecule has 2 amide bonds. The van der Waals surface area contributed by atoms with Gasteiger partial charge in [0.2, 0.25) is 0 Å². The lowest BCUT2D eigenvalue weighted by Crippen LogP contribution is -2.30. The highest BCUT2D eigenvalue weighted by atomic mass is 16.2. The van der Waals surface area contributed by atoms with Crippen LogP contribution in [0.3, 0.4) is 0 Å². The third-order valence-corrected chi connectivity index (χ3v) is 4.40. The number of nitrogens with zero attached hydrogens (tertiary/aromatic N) is 2. The summed E-state index contributed by atoms with van der Waals surface area (Å²) in [4.78, 5) is 31.1. The zero-order chi connectivity index (χ0) is 17.2. The zero-order valence-corrected chi connectivity index (χ0v) is 13.6. The third kappa shape index (κ3) is 2.72. The van der Waals surface area contributed by atoms with Crippen molar-refractivity contribution in [2.75, 3.05) is 4.90 Å². The van der Waals surface area contributed by atoms with Crippen molar-refractivity contribution < 1.29 is 9.59 Å². The highest BCUT2D eigenvalue weighted by Crippen LogP contribution is 2.31. The van der Waals surface area contributed by atoms with Crippen molar-refractivity contribution in [1.82, 2.24) is 4.98 Å². The van der Waals surface area contributed by atoms with E-state index >= 15 is 0 Å². The number of rotatable bonds is 4. The van der Waals surface area contributed by atoms with Gasteiger partial charge in [0.1, 0.15) is 0 Å². The van der Waals surface area contributed by atoms with Crippen LogP contribution in [0.5, 0.6) is 0 Å². The first-order valence-electron chi connectivity index (χ1n) is 8.21. The first-order valence-corrected chi connectivity index (χ1v) is 8.21. The van der Waals surface area contributed by atoms with Gasteiger partial charge in [-0.25, -0.2) is 4.90 Å². The standard InChI is InChI=1S/C21H16N2O2/c24-20-17-9-2-3-10-18(17)21(25)23(20)19-11-4-1-7-15(19)12-13-16-8-5-6-14-22-16/h1-11,14H,12-13H2. The SMILES string of the molecule is O=C1c2ccccc2C(=O)N1c1ccccc1CCc1ccccn1. The number of fused-ring (bicyclic) bond motifs is 1. The maximum atomic E-state index is 12.7. The second-order valence-electron chi connectivity index (χ2n) is 5.94. The Bertz CT molecular complexity index is 916. The first-order chi connectivity index (χ1) is 12.3. The van der Waals surface area contributed by atoms with Crippen LogP contribution < -0.4 is 4.90 Å². The Morgan fingerprint density at radius 1 is 0.720 bits per heavy atom. The van der Waals surface area contributed by atoms with E-state index in [1.165, 1.54) is 4.90 Å². The van der Waals surface area contributed by atoms with E-state index in [2.05, 4.69) is 4.98 Å². The predicted octanol–water partition coefficient (Wildman–Crippen LogP) is 3.67. The van der Waals surface area contributed by atoms with Gasteiger partial charge in [-0.1, -0.05) is 36.4 Å². The Morgan fingerprint density at radius 3 is 2.04 bits per heavy atom. The highest BCUT2D eigenvalue weighted by molar-refractivity contribution is 6.34. The van der Waals surface area contributed by atoms with Gasteiger partial charge in [0.15, 0.2) is 0 Å². The van der Waals surface area contributed by atoms with Gasteiger partial charge in [-0.05, 0) is 48.7 Å². The van der Waals surface area contributed by atoms with Crippen LogP contribution in [0.15, 0.2) is 72.9 Å². The fourth-order valence-corrected chi connectivity index (χ4v) is 3.16. The largest absolute Gasteiger partial charge is 0.268 e. The Hall–Kier alpha value is -3.27. The second-order valence-corrected chi connectivity index (χ2v) is 5.94. The summed E-state index contributed by atoms with van der Waals surface area (Å²) >= 11 is 0. The molecule has 0 unspecified atom stereocenters. The molecular weight excluding hydrogens is 312 g/mol. The Kier molecular flexibility index (Phi) is 3.86. The van der Waals surface area contributed by atoms with E-state index < -0.39 is 0 Å². The number of hydrogen-bond donors (Lipinski definition) is 0. The van der Waals surface area contributed by atoms with E-state index in [-0.39, 0.29) is 11.8 Å². The molecule has 2 heterocycles. The number of para-hydroxylation sites is 1. The summed E-state index contributed by atoms with van der Waals surface area (Å²) in [7, 11) is 0. The lowest BCUT2D eigenvalue weighted by atomic mass is 10.0. The molecule has 0 aliphatic carbocycles. The topological polar surface area (TPSA) is 50.3 Å². The maximum Gasteiger partial charge on any atom is 0.266 e. The van der Waals surface area contributed by atoms with E-state index in [4.69, 9.17) is 0 Å². The molecule has 4 nitrogen and oxygen atoms in total. The smallest absolute Gasteiger partial charge is 0.266 e. The number of amides is 2. The number of carbonyl (C=O) groups is 2. The fourth-order valence-electron chi connectivity index (χ4n) is 3.16. The van der Waals surface area contributed by atoms with Gasteiger partial charge >= 0.3 is 0 Å². The van der Waals surface area contributed by atoms with Crippen LogP contribution >= 0.6 is 0 Å². The minimum atomic E-state index is -0.258. The molecule has 0 atom stereocenters. The van der Waals surface area contributed by atoms with Gasteiger partial charge in [0, 0.05) is 11.9 Å². The third-order valence-electron chi connectivity index (χ3n) is 4.40. The average molecular weight is 328 g/mol. The van der Waals surface area contributed by atoms with Crippen molar-refractivity contribution in [2.45, 2.75) is 12.8 Å².